The molecule has 0 spiro atoms. The molecule has 0 aliphatic heterocycles. The second-order valence-corrected chi connectivity index (χ2v) is 2.47. The van der Waals surface area contributed by atoms with Crippen molar-refractivity contribution >= 4 is 6.08 Å². The predicted octanol–water partition coefficient (Wildman–Crippen LogP) is 2.05. The smallest absolute Gasteiger partial charge is 0.133 e. The average molecular weight is 180 g/mol. The predicted molar refractivity (Wildman–Crippen MR) is 51.3 cm³/mol. The van der Waals surface area contributed by atoms with Crippen LogP contribution < -0.4 is 9.47 Å². The zero-order chi connectivity index (χ0) is 9.84. The Morgan fingerprint density at radius 1 is 1.31 bits per heavy atom. The summed E-state index contributed by atoms with van der Waals surface area (Å²) >= 11 is 0. The highest BCUT2D eigenvalue weighted by atomic mass is 16.5. The molecule has 0 saturated carbocycles. The molecular formula is C10H12O3. The molecule has 0 amide bonds. The maximum Gasteiger partial charge on any atom is 0.133 e. The summed E-state index contributed by atoms with van der Waals surface area (Å²) in [7, 11) is 3.06. The minimum atomic E-state index is 0.103. The molecule has 0 aliphatic carbocycles. The number of phenolic OH excluding ortho intramolecular Hbond substituents is 1. The van der Waals surface area contributed by atoms with Crippen molar-refractivity contribution in [3.05, 3.63) is 24.3 Å². The van der Waals surface area contributed by atoms with Gasteiger partial charge >= 0.3 is 0 Å². The Kier molecular flexibility index (Phi) is 2.80. The molecule has 0 unspecified atom stereocenters. The van der Waals surface area contributed by atoms with E-state index >= 15 is 0 Å². The van der Waals surface area contributed by atoms with Gasteiger partial charge in [-0.1, -0.05) is 12.7 Å². The maximum absolute atomic E-state index is 9.50. The summed E-state index contributed by atoms with van der Waals surface area (Å²) in [6, 6.07) is 3.20. The molecule has 0 atom stereocenters. The van der Waals surface area contributed by atoms with Crippen LogP contribution >= 0.6 is 0 Å². The molecule has 1 aromatic rings. The normalized spacial score (nSPS) is 9.38. The van der Waals surface area contributed by atoms with E-state index in [1.54, 1.807) is 6.07 Å². The summed E-state index contributed by atoms with van der Waals surface area (Å²) in [6.07, 6.45) is 1.54. The highest BCUT2D eigenvalue weighted by Gasteiger charge is 2.07. The van der Waals surface area contributed by atoms with Gasteiger partial charge in [0.1, 0.15) is 17.2 Å². The van der Waals surface area contributed by atoms with Gasteiger partial charge in [0.15, 0.2) is 0 Å². The molecular weight excluding hydrogens is 168 g/mol. The number of phenols is 1. The summed E-state index contributed by atoms with van der Waals surface area (Å²) in [5.74, 6) is 1.21. The number of methoxy groups -OCH3 is 2. The van der Waals surface area contributed by atoms with Gasteiger partial charge in [-0.2, -0.15) is 0 Å². The van der Waals surface area contributed by atoms with Crippen molar-refractivity contribution in [3.8, 4) is 17.2 Å². The minimum absolute atomic E-state index is 0.103. The molecule has 3 nitrogen and oxygen atoms in total. The maximum atomic E-state index is 9.50. The third-order valence-corrected chi connectivity index (χ3v) is 1.75. The van der Waals surface area contributed by atoms with Crippen molar-refractivity contribution in [2.24, 2.45) is 0 Å². The summed E-state index contributed by atoms with van der Waals surface area (Å²) < 4.78 is 10.0. The Bertz CT molecular complexity index is 318. The van der Waals surface area contributed by atoms with Crippen LogP contribution in [-0.2, 0) is 0 Å². The molecule has 0 heterocycles. The van der Waals surface area contributed by atoms with Gasteiger partial charge in [0.25, 0.3) is 0 Å². The first-order chi connectivity index (χ1) is 6.22. The highest BCUT2D eigenvalue weighted by Crippen LogP contribution is 2.33. The van der Waals surface area contributed by atoms with E-state index in [1.807, 2.05) is 0 Å². The van der Waals surface area contributed by atoms with Crippen LogP contribution in [-0.4, -0.2) is 19.3 Å². The zero-order valence-electron chi connectivity index (χ0n) is 7.70. The number of hydrogen-bond acceptors (Lipinski definition) is 3. The van der Waals surface area contributed by atoms with E-state index in [4.69, 9.17) is 9.47 Å². The Balaban J connectivity index is 3.28. The third kappa shape index (κ3) is 1.75. The van der Waals surface area contributed by atoms with Crippen molar-refractivity contribution in [1.29, 1.82) is 0 Å². The van der Waals surface area contributed by atoms with Crippen LogP contribution in [0.25, 0.3) is 6.08 Å². The lowest BCUT2D eigenvalue weighted by atomic mass is 10.1. The number of rotatable bonds is 3. The number of ether oxygens (including phenoxy) is 2. The lowest BCUT2D eigenvalue weighted by molar-refractivity contribution is 0.384. The van der Waals surface area contributed by atoms with Crippen LogP contribution in [0.2, 0.25) is 0 Å². The van der Waals surface area contributed by atoms with Crippen molar-refractivity contribution in [1.82, 2.24) is 0 Å². The zero-order valence-corrected chi connectivity index (χ0v) is 7.70. The fourth-order valence-corrected chi connectivity index (χ4v) is 1.08. The fraction of sp³-hybridized carbons (Fsp3) is 0.200. The first-order valence-electron chi connectivity index (χ1n) is 3.80. The van der Waals surface area contributed by atoms with Crippen LogP contribution in [0, 0.1) is 0 Å². The molecule has 0 fully saturated rings. The second-order valence-electron chi connectivity index (χ2n) is 2.47. The second kappa shape index (κ2) is 3.85. The molecule has 70 valence electrons. The summed E-state index contributed by atoms with van der Waals surface area (Å²) in [6.45, 7) is 3.58. The Morgan fingerprint density at radius 3 is 2.46 bits per heavy atom. The Labute approximate surface area is 77.2 Å². The summed E-state index contributed by atoms with van der Waals surface area (Å²) in [4.78, 5) is 0. The molecule has 0 radical (unpaired) electrons. The molecule has 13 heavy (non-hydrogen) atoms. The van der Waals surface area contributed by atoms with Gasteiger partial charge in [-0.3, -0.25) is 0 Å². The quantitative estimate of drug-likeness (QED) is 0.773. The molecule has 0 aliphatic rings. The molecule has 0 bridgehead atoms. The van der Waals surface area contributed by atoms with Gasteiger partial charge in [-0.05, 0) is 0 Å². The van der Waals surface area contributed by atoms with E-state index in [9.17, 15) is 5.11 Å². The highest BCUT2D eigenvalue weighted by molar-refractivity contribution is 5.64. The van der Waals surface area contributed by atoms with Gasteiger partial charge in [0.05, 0.1) is 19.8 Å². The van der Waals surface area contributed by atoms with Crippen LogP contribution in [0.15, 0.2) is 18.7 Å². The average Bonchev–Trinajstić information content (AvgIpc) is 2.16. The van der Waals surface area contributed by atoms with E-state index in [1.165, 1.54) is 26.4 Å². The molecule has 1 N–H and O–H groups in total. The van der Waals surface area contributed by atoms with Gasteiger partial charge in [-0.15, -0.1) is 0 Å². The van der Waals surface area contributed by atoms with Crippen LogP contribution in [0.5, 0.6) is 17.2 Å². The van der Waals surface area contributed by atoms with E-state index in [2.05, 4.69) is 6.58 Å². The van der Waals surface area contributed by atoms with Crippen molar-refractivity contribution in [3.63, 3.8) is 0 Å². The standard InChI is InChI=1S/C10H12O3/c1-4-8-9(11)5-7(12-2)6-10(8)13-3/h4-6,11H,1H2,2-3H3. The monoisotopic (exact) mass is 180 g/mol. The van der Waals surface area contributed by atoms with Crippen LogP contribution in [0.4, 0.5) is 0 Å². The number of aromatic hydroxyl groups is 1. The molecule has 0 saturated heterocycles. The van der Waals surface area contributed by atoms with E-state index in [0.29, 0.717) is 17.1 Å². The van der Waals surface area contributed by atoms with Crippen LogP contribution in [0.1, 0.15) is 5.56 Å². The summed E-state index contributed by atoms with van der Waals surface area (Å²) in [5.41, 5.74) is 0.573. The molecule has 1 rings (SSSR count). The van der Waals surface area contributed by atoms with Gasteiger partial charge < -0.3 is 14.6 Å². The Morgan fingerprint density at radius 2 is 2.00 bits per heavy atom. The van der Waals surface area contributed by atoms with Crippen molar-refractivity contribution in [2.75, 3.05) is 14.2 Å². The Hall–Kier alpha value is -1.64. The van der Waals surface area contributed by atoms with Gasteiger partial charge in [0.2, 0.25) is 0 Å². The molecule has 1 aromatic carbocycles. The lowest BCUT2D eigenvalue weighted by Crippen LogP contribution is -1.90. The van der Waals surface area contributed by atoms with E-state index < -0.39 is 0 Å². The van der Waals surface area contributed by atoms with Crippen molar-refractivity contribution < 1.29 is 14.6 Å². The number of hydrogen-bond donors (Lipinski definition) is 1. The van der Waals surface area contributed by atoms with E-state index in [0.717, 1.165) is 0 Å². The number of benzene rings is 1. The fourth-order valence-electron chi connectivity index (χ4n) is 1.08. The largest absolute Gasteiger partial charge is 0.507 e. The van der Waals surface area contributed by atoms with Gasteiger partial charge in [0, 0.05) is 12.1 Å². The first kappa shape index (κ1) is 9.45. The molecule has 3 heteroatoms. The first-order valence-corrected chi connectivity index (χ1v) is 3.80. The summed E-state index contributed by atoms with van der Waals surface area (Å²) in [5, 5.41) is 9.50. The van der Waals surface area contributed by atoms with Crippen LogP contribution in [0.3, 0.4) is 0 Å². The minimum Gasteiger partial charge on any atom is -0.507 e. The lowest BCUT2D eigenvalue weighted by Gasteiger charge is -2.09. The topological polar surface area (TPSA) is 38.7 Å². The van der Waals surface area contributed by atoms with Crippen molar-refractivity contribution in [2.45, 2.75) is 0 Å². The molecule has 0 aromatic heterocycles. The third-order valence-electron chi connectivity index (χ3n) is 1.75. The van der Waals surface area contributed by atoms with Gasteiger partial charge in [-0.25, -0.2) is 0 Å². The SMILES string of the molecule is C=Cc1c(O)cc(OC)cc1OC. The van der Waals surface area contributed by atoms with E-state index in [-0.39, 0.29) is 5.75 Å².